The Morgan fingerprint density at radius 1 is 1.22 bits per heavy atom. The fraction of sp³-hybridized carbons (Fsp3) is 0.211. The minimum atomic E-state index is -0.377. The van der Waals surface area contributed by atoms with Gasteiger partial charge in [-0.05, 0) is 23.9 Å². The number of thiazole rings is 1. The Morgan fingerprint density at radius 3 is 2.67 bits per heavy atom. The van der Waals surface area contributed by atoms with E-state index in [0.717, 1.165) is 25.4 Å². The number of rotatable bonds is 8. The van der Waals surface area contributed by atoms with Crippen LogP contribution in [-0.4, -0.2) is 22.6 Å². The number of hydrogen-bond acceptors (Lipinski definition) is 6. The molecule has 27 heavy (non-hydrogen) atoms. The van der Waals surface area contributed by atoms with Gasteiger partial charge in [0.15, 0.2) is 4.34 Å². The number of nitrogens with one attached hydrogen (secondary N) is 1. The van der Waals surface area contributed by atoms with Gasteiger partial charge >= 0.3 is 0 Å². The van der Waals surface area contributed by atoms with Crippen molar-refractivity contribution >= 4 is 46.2 Å². The number of hydrogen-bond donors (Lipinski definition) is 2. The molecule has 0 radical (unpaired) electrons. The first-order chi connectivity index (χ1) is 13.0. The Labute approximate surface area is 170 Å². The van der Waals surface area contributed by atoms with Crippen LogP contribution < -0.4 is 11.1 Å². The molecule has 2 amide bonds. The van der Waals surface area contributed by atoms with Crippen molar-refractivity contribution in [1.82, 2.24) is 10.3 Å². The van der Waals surface area contributed by atoms with Gasteiger partial charge in [-0.1, -0.05) is 48.2 Å². The number of amides is 2. The molecule has 5 nitrogen and oxygen atoms in total. The van der Waals surface area contributed by atoms with Gasteiger partial charge in [-0.3, -0.25) is 9.59 Å². The lowest BCUT2D eigenvalue weighted by Crippen LogP contribution is -2.30. The molecule has 0 aliphatic carbocycles. The number of nitrogens with zero attached hydrogens (tertiary/aromatic N) is 1. The second-order valence-electron chi connectivity index (χ2n) is 5.85. The zero-order valence-electron chi connectivity index (χ0n) is 14.7. The SMILES string of the molecule is Cc1nc(SCC(=O)NC(c2ccccc2)c2cccs2)sc1CC(N)=O. The highest BCUT2D eigenvalue weighted by Gasteiger charge is 2.18. The third-order valence-corrected chi connectivity index (χ3v) is 7.04. The summed E-state index contributed by atoms with van der Waals surface area (Å²) in [6, 6.07) is 13.8. The molecule has 3 rings (SSSR count). The maximum atomic E-state index is 12.5. The Balaban J connectivity index is 1.64. The minimum absolute atomic E-state index is 0.0634. The molecule has 0 fully saturated rings. The van der Waals surface area contributed by atoms with Gasteiger partial charge < -0.3 is 11.1 Å². The largest absolute Gasteiger partial charge is 0.369 e. The number of aromatic nitrogens is 1. The molecular weight excluding hydrogens is 398 g/mol. The van der Waals surface area contributed by atoms with Crippen molar-refractivity contribution < 1.29 is 9.59 Å². The van der Waals surface area contributed by atoms with Crippen LogP contribution in [0.15, 0.2) is 52.2 Å². The molecule has 2 aromatic heterocycles. The average Bonchev–Trinajstić information content (AvgIpc) is 3.29. The van der Waals surface area contributed by atoms with Crippen LogP contribution in [0.5, 0.6) is 0 Å². The summed E-state index contributed by atoms with van der Waals surface area (Å²) >= 11 is 4.41. The quantitative estimate of drug-likeness (QED) is 0.549. The predicted molar refractivity (Wildman–Crippen MR) is 111 cm³/mol. The third-order valence-electron chi connectivity index (χ3n) is 3.80. The maximum absolute atomic E-state index is 12.5. The molecule has 0 saturated heterocycles. The molecule has 8 heteroatoms. The second kappa shape index (κ2) is 9.16. The van der Waals surface area contributed by atoms with Crippen molar-refractivity contribution in [3.05, 3.63) is 68.9 Å². The topological polar surface area (TPSA) is 85.1 Å². The summed E-state index contributed by atoms with van der Waals surface area (Å²) in [5.41, 5.74) is 7.09. The molecule has 0 aliphatic rings. The van der Waals surface area contributed by atoms with E-state index in [0.29, 0.717) is 0 Å². The molecule has 0 bridgehead atoms. The normalized spacial score (nSPS) is 11.9. The zero-order chi connectivity index (χ0) is 19.2. The first-order valence-electron chi connectivity index (χ1n) is 8.28. The summed E-state index contributed by atoms with van der Waals surface area (Å²) in [5.74, 6) is -0.179. The summed E-state index contributed by atoms with van der Waals surface area (Å²) in [5, 5.41) is 5.12. The molecule has 0 saturated carbocycles. The third kappa shape index (κ3) is 5.41. The van der Waals surface area contributed by atoms with Gasteiger partial charge in [0.2, 0.25) is 11.8 Å². The minimum Gasteiger partial charge on any atom is -0.369 e. The summed E-state index contributed by atoms with van der Waals surface area (Å²) in [4.78, 5) is 30.0. The van der Waals surface area contributed by atoms with Crippen LogP contribution >= 0.6 is 34.4 Å². The van der Waals surface area contributed by atoms with Crippen molar-refractivity contribution in [3.63, 3.8) is 0 Å². The smallest absolute Gasteiger partial charge is 0.231 e. The second-order valence-corrected chi connectivity index (χ2v) is 9.13. The number of thioether (sulfide) groups is 1. The van der Waals surface area contributed by atoms with Gasteiger partial charge in [0.1, 0.15) is 0 Å². The van der Waals surface area contributed by atoms with Crippen LogP contribution in [0.25, 0.3) is 0 Å². The average molecular weight is 418 g/mol. The predicted octanol–water partition coefficient (Wildman–Crippen LogP) is 3.54. The Kier molecular flexibility index (Phi) is 6.65. The van der Waals surface area contributed by atoms with Gasteiger partial charge in [0, 0.05) is 9.75 Å². The molecule has 3 N–H and O–H groups in total. The van der Waals surface area contributed by atoms with Crippen LogP contribution in [0.4, 0.5) is 0 Å². The van der Waals surface area contributed by atoms with E-state index in [9.17, 15) is 9.59 Å². The van der Waals surface area contributed by atoms with Gasteiger partial charge in [-0.25, -0.2) is 4.98 Å². The lowest BCUT2D eigenvalue weighted by Gasteiger charge is -2.17. The van der Waals surface area contributed by atoms with Gasteiger partial charge in [-0.15, -0.1) is 22.7 Å². The van der Waals surface area contributed by atoms with Crippen LogP contribution in [0.1, 0.15) is 27.1 Å². The first-order valence-corrected chi connectivity index (χ1v) is 11.0. The van der Waals surface area contributed by atoms with E-state index in [1.54, 1.807) is 11.3 Å². The lowest BCUT2D eigenvalue weighted by molar-refractivity contribution is -0.119. The van der Waals surface area contributed by atoms with Crippen LogP contribution in [0.2, 0.25) is 0 Å². The van der Waals surface area contributed by atoms with E-state index in [1.807, 2.05) is 54.8 Å². The Morgan fingerprint density at radius 2 is 2.00 bits per heavy atom. The van der Waals surface area contributed by atoms with E-state index in [2.05, 4.69) is 10.3 Å². The zero-order valence-corrected chi connectivity index (χ0v) is 17.1. The van der Waals surface area contributed by atoms with E-state index in [-0.39, 0.29) is 30.0 Å². The Hall–Kier alpha value is -2.16. The fourth-order valence-electron chi connectivity index (χ4n) is 2.54. The van der Waals surface area contributed by atoms with Crippen LogP contribution in [-0.2, 0) is 16.0 Å². The van der Waals surface area contributed by atoms with Crippen molar-refractivity contribution in [3.8, 4) is 0 Å². The standard InChI is InChI=1S/C19H19N3O2S3/c1-12-15(10-16(20)23)27-19(21-12)26-11-17(24)22-18(14-8-5-9-25-14)13-6-3-2-4-7-13/h2-9,18H,10-11H2,1H3,(H2,20,23)(H,22,24). The Bertz CT molecular complexity index is 908. The molecule has 0 spiro atoms. The molecule has 140 valence electrons. The van der Waals surface area contributed by atoms with Gasteiger partial charge in [0.05, 0.1) is 23.9 Å². The van der Waals surface area contributed by atoms with Gasteiger partial charge in [-0.2, -0.15) is 0 Å². The summed E-state index contributed by atoms with van der Waals surface area (Å²) in [6.45, 7) is 1.85. The molecule has 0 aliphatic heterocycles. The highest BCUT2D eigenvalue weighted by molar-refractivity contribution is 8.01. The number of primary amides is 1. The molecule has 2 heterocycles. The number of benzene rings is 1. The van der Waals surface area contributed by atoms with Crippen molar-refractivity contribution in [1.29, 1.82) is 0 Å². The number of nitrogens with two attached hydrogens (primary N) is 1. The highest BCUT2D eigenvalue weighted by atomic mass is 32.2. The van der Waals surface area contributed by atoms with E-state index in [4.69, 9.17) is 5.73 Å². The number of carbonyl (C=O) groups is 2. The molecule has 1 atom stereocenters. The lowest BCUT2D eigenvalue weighted by atomic mass is 10.1. The number of aryl methyl sites for hydroxylation is 1. The summed E-state index contributed by atoms with van der Waals surface area (Å²) in [7, 11) is 0. The van der Waals surface area contributed by atoms with Crippen molar-refractivity contribution in [2.45, 2.75) is 23.7 Å². The molecule has 3 aromatic rings. The van der Waals surface area contributed by atoms with Crippen LogP contribution in [0, 0.1) is 6.92 Å². The summed E-state index contributed by atoms with van der Waals surface area (Å²) in [6.07, 6.45) is 0.185. The molecule has 1 unspecified atom stereocenters. The first kappa shape index (κ1) is 19.6. The molecule has 1 aromatic carbocycles. The van der Waals surface area contributed by atoms with Gasteiger partial charge in [0.25, 0.3) is 0 Å². The van der Waals surface area contributed by atoms with E-state index < -0.39 is 0 Å². The van der Waals surface area contributed by atoms with Crippen molar-refractivity contribution in [2.24, 2.45) is 5.73 Å². The number of carbonyl (C=O) groups excluding carboxylic acids is 2. The maximum Gasteiger partial charge on any atom is 0.231 e. The van der Waals surface area contributed by atoms with E-state index >= 15 is 0 Å². The van der Waals surface area contributed by atoms with Crippen molar-refractivity contribution in [2.75, 3.05) is 5.75 Å². The monoisotopic (exact) mass is 417 g/mol. The fourth-order valence-corrected chi connectivity index (χ4v) is 5.39. The number of thiophene rings is 1. The van der Waals surface area contributed by atoms with E-state index in [1.165, 1.54) is 23.1 Å². The summed E-state index contributed by atoms with van der Waals surface area (Å²) < 4.78 is 0.770. The molecular formula is C19H19N3O2S3. The highest BCUT2D eigenvalue weighted by Crippen LogP contribution is 2.29. The van der Waals surface area contributed by atoms with Crippen LogP contribution in [0.3, 0.4) is 0 Å².